The van der Waals surface area contributed by atoms with E-state index in [2.05, 4.69) is 4.98 Å². The quantitative estimate of drug-likeness (QED) is 0.311. The molecule has 190 valence electrons. The molecule has 2 aromatic carbocycles. The van der Waals surface area contributed by atoms with E-state index >= 15 is 0 Å². The number of phenolic OH excluding ortho intramolecular Hbond substituents is 1. The number of carbonyl (C=O) groups is 2. The second-order valence-corrected chi connectivity index (χ2v) is 13.4. The molecule has 2 bridgehead atoms. The standard InChI is InChI=1S/C28H26N2O4S3/c1-3-34-18-10-13(6-9-17(18)31)19-20-15-11-16(23(20)36-25-24(19)37-28(35)29-25)22-21(15)26(32)30(27(22)33)14-7-4-12(2)5-8-14/h4-10,15-16,19-23,31H,3,11H2,1-2H3,(H,29,35). The Morgan fingerprint density at radius 2 is 1.84 bits per heavy atom. The monoisotopic (exact) mass is 550 g/mol. The highest BCUT2D eigenvalue weighted by Gasteiger charge is 2.69. The van der Waals surface area contributed by atoms with Crippen LogP contribution in [0.1, 0.15) is 35.3 Å². The van der Waals surface area contributed by atoms with E-state index in [0.29, 0.717) is 18.0 Å². The van der Waals surface area contributed by atoms with Gasteiger partial charge in [0.15, 0.2) is 15.5 Å². The lowest BCUT2D eigenvalue weighted by Gasteiger charge is -2.43. The Bertz CT molecular complexity index is 1500. The first-order chi connectivity index (χ1) is 17.9. The molecule has 4 aliphatic rings. The molecular weight excluding hydrogens is 525 g/mol. The third-order valence-corrected chi connectivity index (χ3v) is 11.6. The SMILES string of the molecule is CCOc1cc(C2c3sc(=S)[nH]c3SC3C4CC(C5C(=O)N(c6ccc(C)cc6)C(=O)C45)C23)ccc1O. The summed E-state index contributed by atoms with van der Waals surface area (Å²) >= 11 is 8.94. The molecule has 3 heterocycles. The molecule has 3 aromatic rings. The van der Waals surface area contributed by atoms with Crippen LogP contribution in [0.5, 0.6) is 11.5 Å². The summed E-state index contributed by atoms with van der Waals surface area (Å²) in [4.78, 5) is 33.6. The van der Waals surface area contributed by atoms with Crippen LogP contribution in [0.25, 0.3) is 0 Å². The van der Waals surface area contributed by atoms with Gasteiger partial charge in [-0.3, -0.25) is 14.5 Å². The zero-order chi connectivity index (χ0) is 25.6. The number of thioether (sulfide) groups is 1. The summed E-state index contributed by atoms with van der Waals surface area (Å²) in [5, 5.41) is 11.6. The molecule has 0 radical (unpaired) electrons. The molecule has 0 spiro atoms. The minimum Gasteiger partial charge on any atom is -0.504 e. The van der Waals surface area contributed by atoms with E-state index in [1.54, 1.807) is 29.2 Å². The molecule has 2 amide bonds. The third kappa shape index (κ3) is 3.33. The zero-order valence-electron chi connectivity index (χ0n) is 20.3. The van der Waals surface area contributed by atoms with Gasteiger partial charge in [-0.1, -0.05) is 23.8 Å². The van der Waals surface area contributed by atoms with Crippen LogP contribution in [0, 0.1) is 40.5 Å². The molecule has 2 saturated carbocycles. The highest BCUT2D eigenvalue weighted by molar-refractivity contribution is 8.00. The number of H-pyrrole nitrogens is 1. The maximum Gasteiger partial charge on any atom is 0.238 e. The van der Waals surface area contributed by atoms with Crippen LogP contribution in [-0.4, -0.2) is 33.8 Å². The first kappa shape index (κ1) is 23.5. The smallest absolute Gasteiger partial charge is 0.238 e. The average molecular weight is 551 g/mol. The Hall–Kier alpha value is -2.62. The van der Waals surface area contributed by atoms with Gasteiger partial charge in [-0.2, -0.15) is 0 Å². The lowest BCUT2D eigenvalue weighted by molar-refractivity contribution is -0.123. The molecule has 1 saturated heterocycles. The van der Waals surface area contributed by atoms with Gasteiger partial charge in [0.1, 0.15) is 0 Å². The summed E-state index contributed by atoms with van der Waals surface area (Å²) in [7, 11) is 0. The van der Waals surface area contributed by atoms with Gasteiger partial charge in [-0.25, -0.2) is 0 Å². The van der Waals surface area contributed by atoms with Crippen molar-refractivity contribution in [2.24, 2.45) is 29.6 Å². The van der Waals surface area contributed by atoms with Crippen LogP contribution >= 0.6 is 35.3 Å². The van der Waals surface area contributed by atoms with E-state index in [9.17, 15) is 14.7 Å². The first-order valence-electron chi connectivity index (χ1n) is 12.7. The number of aromatic hydroxyl groups is 1. The van der Waals surface area contributed by atoms with E-state index in [-0.39, 0.29) is 58.3 Å². The number of carbonyl (C=O) groups excluding carboxylic acids is 2. The summed E-state index contributed by atoms with van der Waals surface area (Å²) < 4.78 is 6.45. The van der Waals surface area contributed by atoms with Gasteiger partial charge >= 0.3 is 0 Å². The number of aromatic amines is 1. The Balaban J connectivity index is 1.32. The van der Waals surface area contributed by atoms with E-state index in [1.807, 2.05) is 50.2 Å². The molecule has 37 heavy (non-hydrogen) atoms. The minimum atomic E-state index is -0.292. The topological polar surface area (TPSA) is 82.6 Å². The number of phenols is 1. The fraction of sp³-hybridized carbons (Fsp3) is 0.393. The summed E-state index contributed by atoms with van der Waals surface area (Å²) in [6, 6.07) is 13.3. The van der Waals surface area contributed by atoms with Gasteiger partial charge in [0.2, 0.25) is 11.8 Å². The number of fused-ring (bicyclic) bond motifs is 9. The fourth-order valence-electron chi connectivity index (χ4n) is 7.33. The number of ether oxygens (including phenoxy) is 1. The van der Waals surface area contributed by atoms with Crippen molar-refractivity contribution in [1.82, 2.24) is 4.98 Å². The lowest BCUT2D eigenvalue weighted by Crippen LogP contribution is -2.42. The second-order valence-electron chi connectivity index (χ2n) is 10.5. The van der Waals surface area contributed by atoms with E-state index in [0.717, 1.165) is 26.5 Å². The molecule has 2 N–H and O–H groups in total. The first-order valence-corrected chi connectivity index (χ1v) is 14.8. The molecule has 2 aliphatic heterocycles. The molecule has 3 fully saturated rings. The zero-order valence-corrected chi connectivity index (χ0v) is 22.8. The molecule has 6 nitrogen and oxygen atoms in total. The van der Waals surface area contributed by atoms with Crippen molar-refractivity contribution in [3.8, 4) is 11.5 Å². The molecule has 7 atom stereocenters. The van der Waals surface area contributed by atoms with Crippen molar-refractivity contribution in [3.63, 3.8) is 0 Å². The number of aryl methyl sites for hydroxylation is 1. The Labute approximate surface area is 228 Å². The van der Waals surface area contributed by atoms with Gasteiger partial charge in [0.05, 0.1) is 29.2 Å². The van der Waals surface area contributed by atoms with Crippen LogP contribution in [0.4, 0.5) is 5.69 Å². The normalized spacial score (nSPS) is 31.4. The molecule has 9 heteroatoms. The molecular formula is C28H26N2O4S3. The van der Waals surface area contributed by atoms with Crippen LogP contribution in [0.2, 0.25) is 0 Å². The van der Waals surface area contributed by atoms with Crippen molar-refractivity contribution >= 4 is 52.8 Å². The Morgan fingerprint density at radius 3 is 2.57 bits per heavy atom. The number of aromatic nitrogens is 1. The highest BCUT2D eigenvalue weighted by atomic mass is 32.2. The second kappa shape index (κ2) is 8.44. The average Bonchev–Trinajstić information content (AvgIpc) is 3.60. The number of anilines is 1. The number of thiazole rings is 1. The molecule has 7 rings (SSSR count). The van der Waals surface area contributed by atoms with Crippen molar-refractivity contribution in [1.29, 1.82) is 0 Å². The van der Waals surface area contributed by atoms with Crippen LogP contribution < -0.4 is 9.64 Å². The van der Waals surface area contributed by atoms with Crippen molar-refractivity contribution < 1.29 is 19.4 Å². The number of nitrogens with one attached hydrogen (secondary N) is 1. The van der Waals surface area contributed by atoms with Crippen molar-refractivity contribution in [2.75, 3.05) is 11.5 Å². The predicted molar refractivity (Wildman–Crippen MR) is 146 cm³/mol. The van der Waals surface area contributed by atoms with E-state index < -0.39 is 0 Å². The van der Waals surface area contributed by atoms with E-state index in [4.69, 9.17) is 17.0 Å². The number of amides is 2. The van der Waals surface area contributed by atoms with Crippen LogP contribution in [-0.2, 0) is 9.59 Å². The summed E-state index contributed by atoms with van der Waals surface area (Å²) in [6.45, 7) is 4.35. The van der Waals surface area contributed by atoms with Gasteiger partial charge < -0.3 is 14.8 Å². The summed E-state index contributed by atoms with van der Waals surface area (Å²) in [6.07, 6.45) is 0.888. The predicted octanol–water partition coefficient (Wildman–Crippen LogP) is 5.90. The van der Waals surface area contributed by atoms with Crippen molar-refractivity contribution in [3.05, 3.63) is 62.4 Å². The molecule has 1 aromatic heterocycles. The number of nitrogens with zero attached hydrogens (tertiary/aromatic N) is 1. The maximum atomic E-state index is 13.8. The lowest BCUT2D eigenvalue weighted by atomic mass is 9.68. The number of imide groups is 1. The van der Waals surface area contributed by atoms with Crippen molar-refractivity contribution in [2.45, 2.75) is 36.5 Å². The largest absolute Gasteiger partial charge is 0.504 e. The fourth-order valence-corrected chi connectivity index (χ4v) is 10.7. The Kier molecular flexibility index (Phi) is 5.36. The minimum absolute atomic E-state index is 0.0197. The number of hydrogen-bond donors (Lipinski definition) is 2. The Morgan fingerprint density at radius 1 is 1.11 bits per heavy atom. The summed E-state index contributed by atoms with van der Waals surface area (Å²) in [5.74, 6) is 0.383. The van der Waals surface area contributed by atoms with Gasteiger partial charge in [0, 0.05) is 16.0 Å². The van der Waals surface area contributed by atoms with E-state index in [1.165, 1.54) is 9.78 Å². The summed E-state index contributed by atoms with van der Waals surface area (Å²) in [5.41, 5.74) is 2.82. The van der Waals surface area contributed by atoms with Crippen LogP contribution in [0.3, 0.4) is 0 Å². The number of benzene rings is 2. The highest BCUT2D eigenvalue weighted by Crippen LogP contribution is 2.69. The van der Waals surface area contributed by atoms with Gasteiger partial charge in [-0.15, -0.1) is 23.1 Å². The van der Waals surface area contributed by atoms with Gasteiger partial charge in [0.25, 0.3) is 0 Å². The van der Waals surface area contributed by atoms with Gasteiger partial charge in [-0.05, 0) is 80.1 Å². The third-order valence-electron chi connectivity index (χ3n) is 8.66. The maximum absolute atomic E-state index is 13.8. The number of rotatable bonds is 4. The molecule has 7 unspecified atom stereocenters. The molecule has 2 aliphatic carbocycles. The van der Waals surface area contributed by atoms with Crippen LogP contribution in [0.15, 0.2) is 47.5 Å². The number of hydrogen-bond acceptors (Lipinski definition) is 7.